The molecule has 18 heavy (non-hydrogen) atoms. The third kappa shape index (κ3) is 3.15. The van der Waals surface area contributed by atoms with Crippen LogP contribution in [0.5, 0.6) is 0 Å². The molecule has 3 nitrogen and oxygen atoms in total. The fraction of sp³-hybridized carbons (Fsp3) is 0.733. The topological polar surface area (TPSA) is 48.4 Å². The van der Waals surface area contributed by atoms with E-state index in [1.807, 2.05) is 19.1 Å². The predicted molar refractivity (Wildman–Crippen MR) is 72.4 cm³/mol. The summed E-state index contributed by atoms with van der Waals surface area (Å²) < 4.78 is 11.9. The highest BCUT2D eigenvalue weighted by molar-refractivity contribution is 5.08. The van der Waals surface area contributed by atoms with Crippen molar-refractivity contribution in [3.8, 4) is 0 Å². The molecule has 1 aromatic heterocycles. The van der Waals surface area contributed by atoms with E-state index >= 15 is 0 Å². The highest BCUT2D eigenvalue weighted by atomic mass is 16.5. The number of rotatable bonds is 5. The Labute approximate surface area is 110 Å². The summed E-state index contributed by atoms with van der Waals surface area (Å²) >= 11 is 0. The molecule has 0 aliphatic heterocycles. The van der Waals surface area contributed by atoms with Gasteiger partial charge in [0.05, 0.1) is 6.10 Å². The van der Waals surface area contributed by atoms with Crippen LogP contribution in [0, 0.1) is 12.8 Å². The minimum Gasteiger partial charge on any atom is -0.464 e. The Balaban J connectivity index is 2.00. The zero-order chi connectivity index (χ0) is 13.0. The van der Waals surface area contributed by atoms with E-state index in [1.165, 1.54) is 25.7 Å². The molecule has 3 heteroatoms. The summed E-state index contributed by atoms with van der Waals surface area (Å²) in [5, 5.41) is 0. The highest BCUT2D eigenvalue weighted by Crippen LogP contribution is 2.33. The lowest BCUT2D eigenvalue weighted by Gasteiger charge is -2.33. The van der Waals surface area contributed by atoms with E-state index in [2.05, 4.69) is 6.92 Å². The molecule has 0 saturated heterocycles. The zero-order valence-corrected chi connectivity index (χ0v) is 11.5. The van der Waals surface area contributed by atoms with Crippen molar-refractivity contribution in [3.05, 3.63) is 23.7 Å². The normalized spacial score (nSPS) is 26.2. The van der Waals surface area contributed by atoms with Gasteiger partial charge >= 0.3 is 0 Å². The first kappa shape index (κ1) is 13.6. The summed E-state index contributed by atoms with van der Waals surface area (Å²) in [6.45, 7) is 4.69. The Morgan fingerprint density at radius 2 is 2.17 bits per heavy atom. The van der Waals surface area contributed by atoms with E-state index in [0.29, 0.717) is 18.6 Å². The summed E-state index contributed by atoms with van der Waals surface area (Å²) in [6.07, 6.45) is 6.52. The van der Waals surface area contributed by atoms with Crippen LogP contribution in [0.3, 0.4) is 0 Å². The van der Waals surface area contributed by atoms with Crippen LogP contribution in [0.1, 0.15) is 56.7 Å². The second kappa shape index (κ2) is 6.39. The molecule has 0 spiro atoms. The average molecular weight is 251 g/mol. The maximum atomic E-state index is 6.22. The molecule has 1 aliphatic rings. The molecule has 0 radical (unpaired) electrons. The van der Waals surface area contributed by atoms with Gasteiger partial charge in [-0.15, -0.1) is 0 Å². The summed E-state index contributed by atoms with van der Waals surface area (Å²) in [5.74, 6) is 2.47. The molecule has 0 aromatic carbocycles. The third-order valence-electron chi connectivity index (χ3n) is 4.00. The van der Waals surface area contributed by atoms with E-state index in [4.69, 9.17) is 14.9 Å². The van der Waals surface area contributed by atoms with Crippen molar-refractivity contribution in [2.24, 2.45) is 11.7 Å². The van der Waals surface area contributed by atoms with Gasteiger partial charge in [-0.25, -0.2) is 0 Å². The molecule has 1 aliphatic carbocycles. The Kier molecular flexibility index (Phi) is 4.84. The number of aryl methyl sites for hydroxylation is 1. The molecule has 1 fully saturated rings. The average Bonchev–Trinajstić information content (AvgIpc) is 2.83. The van der Waals surface area contributed by atoms with Crippen LogP contribution in [-0.4, -0.2) is 12.6 Å². The molecule has 1 heterocycles. The Bertz CT molecular complexity index is 361. The summed E-state index contributed by atoms with van der Waals surface area (Å²) in [5.41, 5.74) is 5.83. The highest BCUT2D eigenvalue weighted by Gasteiger charge is 2.28. The molecule has 0 amide bonds. The second-order valence-electron chi connectivity index (χ2n) is 5.30. The van der Waals surface area contributed by atoms with Gasteiger partial charge in [-0.2, -0.15) is 0 Å². The summed E-state index contributed by atoms with van der Waals surface area (Å²) in [7, 11) is 0. The number of hydrogen-bond acceptors (Lipinski definition) is 3. The van der Waals surface area contributed by atoms with Crippen LogP contribution < -0.4 is 5.73 Å². The Morgan fingerprint density at radius 3 is 2.78 bits per heavy atom. The third-order valence-corrected chi connectivity index (χ3v) is 4.00. The lowest BCUT2D eigenvalue weighted by Crippen LogP contribution is -2.31. The van der Waals surface area contributed by atoms with E-state index in [9.17, 15) is 0 Å². The maximum absolute atomic E-state index is 6.22. The molecule has 0 bridgehead atoms. The van der Waals surface area contributed by atoms with Crippen molar-refractivity contribution in [2.45, 2.75) is 58.2 Å². The molecule has 2 N–H and O–H groups in total. The predicted octanol–water partition coefficient (Wildman–Crippen LogP) is 3.57. The van der Waals surface area contributed by atoms with Gasteiger partial charge in [0.25, 0.3) is 0 Å². The molecule has 102 valence electrons. The monoisotopic (exact) mass is 251 g/mol. The SMILES string of the molecule is CCC1CCCCC1OC(CN)c1ccc(C)o1. The summed E-state index contributed by atoms with van der Waals surface area (Å²) in [4.78, 5) is 0. The molecular weight excluding hydrogens is 226 g/mol. The Hall–Kier alpha value is -0.800. The standard InChI is InChI=1S/C15H25NO2/c1-3-12-6-4-5-7-13(12)18-15(10-16)14-9-8-11(2)17-14/h8-9,12-13,15H,3-7,10,16H2,1-2H3. The van der Waals surface area contributed by atoms with Crippen molar-refractivity contribution >= 4 is 0 Å². The van der Waals surface area contributed by atoms with Gasteiger partial charge in [0, 0.05) is 6.54 Å². The van der Waals surface area contributed by atoms with Gasteiger partial charge in [0.15, 0.2) is 0 Å². The number of hydrogen-bond donors (Lipinski definition) is 1. The smallest absolute Gasteiger partial charge is 0.134 e. The fourth-order valence-electron chi connectivity index (χ4n) is 2.90. The van der Waals surface area contributed by atoms with Gasteiger partial charge in [0.1, 0.15) is 17.6 Å². The van der Waals surface area contributed by atoms with Crippen LogP contribution in [0.25, 0.3) is 0 Å². The molecule has 3 atom stereocenters. The molecule has 3 unspecified atom stereocenters. The first-order valence-electron chi connectivity index (χ1n) is 7.16. The van der Waals surface area contributed by atoms with Crippen LogP contribution in [0.2, 0.25) is 0 Å². The van der Waals surface area contributed by atoms with E-state index in [1.54, 1.807) is 0 Å². The molecule has 1 aromatic rings. The van der Waals surface area contributed by atoms with Crippen molar-refractivity contribution in [3.63, 3.8) is 0 Å². The lowest BCUT2D eigenvalue weighted by atomic mass is 9.84. The first-order valence-corrected chi connectivity index (χ1v) is 7.16. The fourth-order valence-corrected chi connectivity index (χ4v) is 2.90. The minimum atomic E-state index is -0.0872. The maximum Gasteiger partial charge on any atom is 0.134 e. The van der Waals surface area contributed by atoms with Crippen LogP contribution in [-0.2, 0) is 4.74 Å². The van der Waals surface area contributed by atoms with Gasteiger partial charge in [0.2, 0.25) is 0 Å². The van der Waals surface area contributed by atoms with Crippen molar-refractivity contribution < 1.29 is 9.15 Å². The second-order valence-corrected chi connectivity index (χ2v) is 5.30. The van der Waals surface area contributed by atoms with Gasteiger partial charge < -0.3 is 14.9 Å². The van der Waals surface area contributed by atoms with E-state index in [0.717, 1.165) is 17.9 Å². The number of nitrogens with two attached hydrogens (primary N) is 1. The molecule has 2 rings (SSSR count). The van der Waals surface area contributed by atoms with Crippen LogP contribution >= 0.6 is 0 Å². The Morgan fingerprint density at radius 1 is 1.39 bits per heavy atom. The van der Waals surface area contributed by atoms with E-state index < -0.39 is 0 Å². The van der Waals surface area contributed by atoms with E-state index in [-0.39, 0.29) is 6.10 Å². The minimum absolute atomic E-state index is 0.0872. The number of furan rings is 1. The van der Waals surface area contributed by atoms with Crippen molar-refractivity contribution in [2.75, 3.05) is 6.54 Å². The van der Waals surface area contributed by atoms with Gasteiger partial charge in [-0.3, -0.25) is 0 Å². The van der Waals surface area contributed by atoms with Crippen LogP contribution in [0.15, 0.2) is 16.5 Å². The van der Waals surface area contributed by atoms with Crippen molar-refractivity contribution in [1.82, 2.24) is 0 Å². The van der Waals surface area contributed by atoms with Crippen molar-refractivity contribution in [1.29, 1.82) is 0 Å². The largest absolute Gasteiger partial charge is 0.464 e. The zero-order valence-electron chi connectivity index (χ0n) is 11.5. The van der Waals surface area contributed by atoms with Crippen LogP contribution in [0.4, 0.5) is 0 Å². The van der Waals surface area contributed by atoms with Gasteiger partial charge in [-0.1, -0.05) is 26.2 Å². The summed E-state index contributed by atoms with van der Waals surface area (Å²) in [6, 6.07) is 3.95. The molecule has 1 saturated carbocycles. The quantitative estimate of drug-likeness (QED) is 0.870. The molecular formula is C15H25NO2. The first-order chi connectivity index (χ1) is 8.74. The number of ether oxygens (including phenoxy) is 1. The van der Waals surface area contributed by atoms with Gasteiger partial charge in [-0.05, 0) is 37.8 Å². The lowest BCUT2D eigenvalue weighted by molar-refractivity contribution is -0.0662.